The van der Waals surface area contributed by atoms with E-state index in [9.17, 15) is 9.59 Å². The van der Waals surface area contributed by atoms with Gasteiger partial charge in [-0.05, 0) is 44.4 Å². The van der Waals surface area contributed by atoms with Gasteiger partial charge in [0, 0.05) is 12.6 Å². The largest absolute Gasteiger partial charge is 0.481 e. The predicted octanol–water partition coefficient (Wildman–Crippen LogP) is 1.58. The first-order chi connectivity index (χ1) is 9.99. The highest BCUT2D eigenvalue weighted by atomic mass is 16.5. The van der Waals surface area contributed by atoms with Crippen LogP contribution in [0.15, 0.2) is 12.2 Å². The zero-order valence-corrected chi connectivity index (χ0v) is 12.4. The Hall–Kier alpha value is -1.36. The summed E-state index contributed by atoms with van der Waals surface area (Å²) >= 11 is 0. The van der Waals surface area contributed by atoms with Crippen molar-refractivity contribution in [3.8, 4) is 0 Å². The topological polar surface area (TPSA) is 75.6 Å². The average molecular weight is 293 g/mol. The fourth-order valence-corrected chi connectivity index (χ4v) is 3.65. The second-order valence-electron chi connectivity index (χ2n) is 6.75. The van der Waals surface area contributed by atoms with Gasteiger partial charge in [-0.1, -0.05) is 12.2 Å². The summed E-state index contributed by atoms with van der Waals surface area (Å²) in [5.41, 5.74) is 0.898. The maximum Gasteiger partial charge on any atom is 0.306 e. The zero-order chi connectivity index (χ0) is 15.1. The molecule has 0 bridgehead atoms. The lowest BCUT2D eigenvalue weighted by atomic mass is 9.89. The van der Waals surface area contributed by atoms with Crippen LogP contribution in [0.3, 0.4) is 0 Å². The summed E-state index contributed by atoms with van der Waals surface area (Å²) < 4.78 is 5.67. The number of carbonyl (C=O) groups is 2. The Morgan fingerprint density at radius 2 is 2.00 bits per heavy atom. The van der Waals surface area contributed by atoms with Crippen molar-refractivity contribution in [2.75, 3.05) is 6.61 Å². The van der Waals surface area contributed by atoms with Gasteiger partial charge in [-0.15, -0.1) is 0 Å². The Morgan fingerprint density at radius 3 is 2.62 bits per heavy atom. The van der Waals surface area contributed by atoms with Crippen LogP contribution in [0.4, 0.5) is 0 Å². The van der Waals surface area contributed by atoms with Crippen LogP contribution in [0, 0.1) is 23.7 Å². The lowest BCUT2D eigenvalue weighted by Gasteiger charge is -2.31. The molecule has 0 aromatic heterocycles. The first-order valence-corrected chi connectivity index (χ1v) is 7.79. The molecule has 21 heavy (non-hydrogen) atoms. The number of carboxylic acids is 1. The minimum Gasteiger partial charge on any atom is -0.481 e. The van der Waals surface area contributed by atoms with Gasteiger partial charge in [-0.3, -0.25) is 9.59 Å². The third kappa shape index (κ3) is 2.98. The maximum absolute atomic E-state index is 12.4. The van der Waals surface area contributed by atoms with Crippen LogP contribution in [-0.4, -0.2) is 35.7 Å². The summed E-state index contributed by atoms with van der Waals surface area (Å²) in [5, 5.41) is 12.0. The van der Waals surface area contributed by atoms with Crippen molar-refractivity contribution in [2.45, 2.75) is 44.8 Å². The van der Waals surface area contributed by atoms with E-state index in [1.807, 2.05) is 6.92 Å². The lowest BCUT2D eigenvalue weighted by Crippen LogP contribution is -2.43. The minimum absolute atomic E-state index is 0.0442. The molecule has 2 saturated carbocycles. The van der Waals surface area contributed by atoms with Gasteiger partial charge in [0.15, 0.2) is 0 Å². The van der Waals surface area contributed by atoms with E-state index >= 15 is 0 Å². The van der Waals surface area contributed by atoms with Crippen LogP contribution < -0.4 is 5.32 Å². The second kappa shape index (κ2) is 5.44. The Labute approximate surface area is 124 Å². The molecule has 2 N–H and O–H groups in total. The van der Waals surface area contributed by atoms with Crippen molar-refractivity contribution in [2.24, 2.45) is 23.7 Å². The number of aliphatic carboxylic acids is 1. The van der Waals surface area contributed by atoms with E-state index in [1.54, 1.807) is 0 Å². The summed E-state index contributed by atoms with van der Waals surface area (Å²) in [6.07, 6.45) is 3.25. The highest BCUT2D eigenvalue weighted by Gasteiger charge is 2.57. The summed E-state index contributed by atoms with van der Waals surface area (Å²) in [7, 11) is 0. The van der Waals surface area contributed by atoms with Crippen LogP contribution in [0.5, 0.6) is 0 Å². The molecule has 5 heteroatoms. The number of carbonyl (C=O) groups excluding carboxylic acids is 1. The molecule has 116 valence electrons. The van der Waals surface area contributed by atoms with Crippen molar-refractivity contribution in [1.82, 2.24) is 5.32 Å². The third-order valence-electron chi connectivity index (χ3n) is 5.02. The van der Waals surface area contributed by atoms with Gasteiger partial charge < -0.3 is 15.2 Å². The highest BCUT2D eigenvalue weighted by molar-refractivity contribution is 5.80. The summed E-state index contributed by atoms with van der Waals surface area (Å²) in [5.74, 6) is -0.344. The fourth-order valence-electron chi connectivity index (χ4n) is 3.65. The number of nitrogens with one attached hydrogen (secondary N) is 1. The van der Waals surface area contributed by atoms with Gasteiger partial charge in [-0.25, -0.2) is 0 Å². The monoisotopic (exact) mass is 293 g/mol. The molecule has 3 fully saturated rings. The van der Waals surface area contributed by atoms with Crippen molar-refractivity contribution in [3.05, 3.63) is 12.2 Å². The van der Waals surface area contributed by atoms with E-state index in [1.165, 1.54) is 0 Å². The molecule has 1 amide bonds. The summed E-state index contributed by atoms with van der Waals surface area (Å²) in [4.78, 5) is 23.3. The molecule has 0 spiro atoms. The van der Waals surface area contributed by atoms with Gasteiger partial charge in [-0.2, -0.15) is 0 Å². The first-order valence-electron chi connectivity index (χ1n) is 7.79. The molecule has 0 aromatic rings. The number of carboxylic acid groups (broad SMARTS) is 1. The van der Waals surface area contributed by atoms with E-state index < -0.39 is 5.97 Å². The fraction of sp³-hybridized carbons (Fsp3) is 0.750. The molecule has 0 radical (unpaired) electrons. The SMILES string of the molecule is C=C(C)[C@@H]1OCCC[C@H]1C(=O)N[C@@H]1C[C@@H]1[C@@H]1C[C@@H]1C(=O)O. The van der Waals surface area contributed by atoms with E-state index in [-0.39, 0.29) is 35.8 Å². The molecule has 0 unspecified atom stereocenters. The lowest BCUT2D eigenvalue weighted by molar-refractivity contribution is -0.138. The van der Waals surface area contributed by atoms with E-state index in [0.717, 1.165) is 31.3 Å². The molecule has 5 nitrogen and oxygen atoms in total. The van der Waals surface area contributed by atoms with Crippen LogP contribution in [-0.2, 0) is 14.3 Å². The second-order valence-corrected chi connectivity index (χ2v) is 6.75. The van der Waals surface area contributed by atoms with Gasteiger partial charge in [0.1, 0.15) is 0 Å². The molecule has 0 aromatic carbocycles. The summed E-state index contributed by atoms with van der Waals surface area (Å²) in [6.45, 7) is 6.51. The molecule has 1 saturated heterocycles. The molecule has 2 aliphatic carbocycles. The van der Waals surface area contributed by atoms with Crippen molar-refractivity contribution < 1.29 is 19.4 Å². The van der Waals surface area contributed by atoms with Gasteiger partial charge in [0.25, 0.3) is 0 Å². The quantitative estimate of drug-likeness (QED) is 0.755. The third-order valence-corrected chi connectivity index (χ3v) is 5.02. The van der Waals surface area contributed by atoms with Crippen molar-refractivity contribution >= 4 is 11.9 Å². The van der Waals surface area contributed by atoms with E-state index in [2.05, 4.69) is 11.9 Å². The Balaban J connectivity index is 1.51. The average Bonchev–Trinajstić information content (AvgIpc) is 3.31. The number of hydrogen-bond acceptors (Lipinski definition) is 3. The molecular formula is C16H23NO4. The van der Waals surface area contributed by atoms with Crippen molar-refractivity contribution in [1.29, 1.82) is 0 Å². The Bertz CT molecular complexity index is 475. The van der Waals surface area contributed by atoms with Crippen LogP contribution >= 0.6 is 0 Å². The molecule has 1 aliphatic heterocycles. The highest BCUT2D eigenvalue weighted by Crippen LogP contribution is 2.54. The van der Waals surface area contributed by atoms with E-state index in [4.69, 9.17) is 9.84 Å². The van der Waals surface area contributed by atoms with Crippen LogP contribution in [0.1, 0.15) is 32.6 Å². The number of rotatable bonds is 5. The predicted molar refractivity (Wildman–Crippen MR) is 76.5 cm³/mol. The molecular weight excluding hydrogens is 270 g/mol. The van der Waals surface area contributed by atoms with Crippen molar-refractivity contribution in [3.63, 3.8) is 0 Å². The number of ether oxygens (including phenoxy) is 1. The minimum atomic E-state index is -0.694. The standard InChI is InChI=1S/C16H23NO4/c1-8(2)14-9(4-3-5-21-14)15(18)17-13-7-11(13)10-6-12(10)16(19)20/h9-14H,1,3-7H2,2H3,(H,17,18)(H,19,20)/t9-,10+,11-,12+,13-,14+/m1/s1. The molecule has 1 heterocycles. The smallest absolute Gasteiger partial charge is 0.306 e. The number of amides is 1. The van der Waals surface area contributed by atoms with Gasteiger partial charge in [0.05, 0.1) is 17.9 Å². The molecule has 6 atom stereocenters. The van der Waals surface area contributed by atoms with Crippen LogP contribution in [0.25, 0.3) is 0 Å². The van der Waals surface area contributed by atoms with Gasteiger partial charge >= 0.3 is 5.97 Å². The Kier molecular flexibility index (Phi) is 3.78. The van der Waals surface area contributed by atoms with E-state index in [0.29, 0.717) is 12.5 Å². The Morgan fingerprint density at radius 1 is 1.24 bits per heavy atom. The number of hydrogen-bond donors (Lipinski definition) is 2. The molecule has 3 rings (SSSR count). The normalized spacial score (nSPS) is 41.2. The maximum atomic E-state index is 12.4. The summed E-state index contributed by atoms with van der Waals surface area (Å²) in [6, 6.07) is 0.166. The molecule has 3 aliphatic rings. The van der Waals surface area contributed by atoms with Crippen LogP contribution in [0.2, 0.25) is 0 Å². The van der Waals surface area contributed by atoms with Gasteiger partial charge in [0.2, 0.25) is 5.91 Å². The first kappa shape index (κ1) is 14.6. The zero-order valence-electron chi connectivity index (χ0n) is 12.4.